The van der Waals surface area contributed by atoms with Crippen LogP contribution < -0.4 is 0 Å². The van der Waals surface area contributed by atoms with Gasteiger partial charge in [-0.05, 0) is 27.7 Å². The summed E-state index contributed by atoms with van der Waals surface area (Å²) >= 11 is 0. The minimum Gasteiger partial charge on any atom is -0.298 e. The van der Waals surface area contributed by atoms with Crippen LogP contribution in [0.1, 0.15) is 55.4 Å². The first-order valence-electron chi connectivity index (χ1n) is 7.12. The van der Waals surface area contributed by atoms with Crippen molar-refractivity contribution in [2.45, 2.75) is 55.4 Å². The standard InChI is InChI=1S/C14H18O2.2C2H6/c1-6-8-13(10(3)4)14(16)11(5)12(7-2)9-15;2*1-2/h6-9H,2H2,1,3-5H3;2*1-2H3/b8-6-,12-11-;;. The number of hydrogen-bond donors (Lipinski definition) is 0. The van der Waals surface area contributed by atoms with Crippen LogP contribution in [-0.2, 0) is 9.59 Å². The van der Waals surface area contributed by atoms with Gasteiger partial charge in [-0.2, -0.15) is 0 Å². The predicted molar refractivity (Wildman–Crippen MR) is 89.9 cm³/mol. The average molecular weight is 278 g/mol. The first-order valence-corrected chi connectivity index (χ1v) is 7.12. The van der Waals surface area contributed by atoms with Crippen LogP contribution in [0.15, 0.2) is 47.1 Å². The molecule has 0 spiro atoms. The summed E-state index contributed by atoms with van der Waals surface area (Å²) in [6.45, 7) is 18.7. The fourth-order valence-electron chi connectivity index (χ4n) is 1.26. The van der Waals surface area contributed by atoms with Crippen LogP contribution in [0.2, 0.25) is 0 Å². The van der Waals surface area contributed by atoms with Crippen LogP contribution in [-0.4, -0.2) is 12.1 Å². The zero-order valence-electron chi connectivity index (χ0n) is 14.3. The summed E-state index contributed by atoms with van der Waals surface area (Å²) in [7, 11) is 0. The van der Waals surface area contributed by atoms with E-state index in [0.717, 1.165) is 5.57 Å². The van der Waals surface area contributed by atoms with Gasteiger partial charge >= 0.3 is 0 Å². The maximum absolute atomic E-state index is 12.1. The number of carbonyl (C=O) groups is 2. The highest BCUT2D eigenvalue weighted by atomic mass is 16.1. The fourth-order valence-corrected chi connectivity index (χ4v) is 1.26. The summed E-state index contributed by atoms with van der Waals surface area (Å²) in [4.78, 5) is 22.8. The van der Waals surface area contributed by atoms with Crippen molar-refractivity contribution < 1.29 is 9.59 Å². The van der Waals surface area contributed by atoms with Crippen LogP contribution in [0.4, 0.5) is 0 Å². The molecule has 0 rings (SSSR count). The molecular formula is C18H30O2. The van der Waals surface area contributed by atoms with Crippen LogP contribution in [0, 0.1) is 0 Å². The lowest BCUT2D eigenvalue weighted by molar-refractivity contribution is -0.112. The predicted octanol–water partition coefficient (Wildman–Crippen LogP) is 5.22. The van der Waals surface area contributed by atoms with Gasteiger partial charge < -0.3 is 0 Å². The van der Waals surface area contributed by atoms with Crippen molar-refractivity contribution in [2.24, 2.45) is 0 Å². The molecular weight excluding hydrogens is 248 g/mol. The van der Waals surface area contributed by atoms with E-state index >= 15 is 0 Å². The van der Waals surface area contributed by atoms with Gasteiger partial charge in [0.05, 0.1) is 0 Å². The molecule has 2 nitrogen and oxygen atoms in total. The van der Waals surface area contributed by atoms with E-state index in [1.807, 2.05) is 54.5 Å². The topological polar surface area (TPSA) is 34.1 Å². The molecule has 0 unspecified atom stereocenters. The van der Waals surface area contributed by atoms with E-state index in [2.05, 4.69) is 6.58 Å². The smallest absolute Gasteiger partial charge is 0.189 e. The van der Waals surface area contributed by atoms with Crippen molar-refractivity contribution in [1.82, 2.24) is 0 Å². The lowest BCUT2D eigenvalue weighted by Gasteiger charge is -2.06. The lowest BCUT2D eigenvalue weighted by Crippen LogP contribution is -2.06. The second kappa shape index (κ2) is 15.4. The molecule has 0 bridgehead atoms. The molecule has 0 N–H and O–H groups in total. The Hall–Kier alpha value is -1.70. The highest BCUT2D eigenvalue weighted by Crippen LogP contribution is 2.15. The van der Waals surface area contributed by atoms with Gasteiger partial charge in [0.2, 0.25) is 0 Å². The number of carbonyl (C=O) groups excluding carboxylic acids is 2. The molecule has 0 aromatic carbocycles. The van der Waals surface area contributed by atoms with Crippen molar-refractivity contribution in [3.8, 4) is 0 Å². The maximum atomic E-state index is 12.1. The Morgan fingerprint density at radius 3 is 1.70 bits per heavy atom. The van der Waals surface area contributed by atoms with Gasteiger partial charge in [-0.3, -0.25) is 9.59 Å². The first-order chi connectivity index (χ1) is 9.49. The maximum Gasteiger partial charge on any atom is 0.189 e. The number of hydrogen-bond acceptors (Lipinski definition) is 2. The van der Waals surface area contributed by atoms with Crippen molar-refractivity contribution in [2.75, 3.05) is 0 Å². The van der Waals surface area contributed by atoms with Gasteiger partial charge in [0.1, 0.15) is 6.29 Å². The second-order valence-electron chi connectivity index (χ2n) is 3.65. The van der Waals surface area contributed by atoms with E-state index in [1.165, 1.54) is 6.08 Å². The number of Topliss-reactive ketones (excluding diaryl/α,β-unsaturated/α-hetero) is 1. The monoisotopic (exact) mass is 278 g/mol. The van der Waals surface area contributed by atoms with Gasteiger partial charge in [-0.15, -0.1) is 0 Å². The van der Waals surface area contributed by atoms with Crippen LogP contribution >= 0.6 is 0 Å². The van der Waals surface area contributed by atoms with E-state index in [4.69, 9.17) is 0 Å². The molecule has 0 saturated carbocycles. The molecule has 114 valence electrons. The Bertz CT molecular complexity index is 380. The Morgan fingerprint density at radius 1 is 1.00 bits per heavy atom. The average Bonchev–Trinajstić information content (AvgIpc) is 2.49. The van der Waals surface area contributed by atoms with Crippen molar-refractivity contribution >= 4 is 12.1 Å². The van der Waals surface area contributed by atoms with Crippen LogP contribution in [0.25, 0.3) is 0 Å². The van der Waals surface area contributed by atoms with E-state index < -0.39 is 0 Å². The summed E-state index contributed by atoms with van der Waals surface area (Å²) in [6.07, 6.45) is 5.62. The minimum atomic E-state index is -0.125. The number of rotatable bonds is 5. The van der Waals surface area contributed by atoms with Gasteiger partial charge in [0.15, 0.2) is 5.78 Å². The molecule has 0 heterocycles. The lowest BCUT2D eigenvalue weighted by atomic mass is 9.97. The molecule has 0 aliphatic rings. The number of allylic oxidation sites excluding steroid dienone is 7. The Labute approximate surface area is 125 Å². The van der Waals surface area contributed by atoms with E-state index in [-0.39, 0.29) is 5.78 Å². The van der Waals surface area contributed by atoms with Gasteiger partial charge in [0, 0.05) is 16.7 Å². The highest BCUT2D eigenvalue weighted by molar-refractivity contribution is 6.13. The third kappa shape index (κ3) is 8.41. The molecule has 0 aliphatic heterocycles. The summed E-state index contributed by atoms with van der Waals surface area (Å²) in [5.74, 6) is -0.125. The Morgan fingerprint density at radius 2 is 1.45 bits per heavy atom. The van der Waals surface area contributed by atoms with E-state index in [1.54, 1.807) is 13.0 Å². The Balaban J connectivity index is -0.000000656. The Kier molecular flexibility index (Phi) is 18.0. The molecule has 0 aliphatic carbocycles. The van der Waals surface area contributed by atoms with E-state index in [0.29, 0.717) is 23.0 Å². The van der Waals surface area contributed by atoms with Crippen LogP contribution in [0.3, 0.4) is 0 Å². The summed E-state index contributed by atoms with van der Waals surface area (Å²) in [6, 6.07) is 0. The minimum absolute atomic E-state index is 0.125. The van der Waals surface area contributed by atoms with Crippen LogP contribution in [0.5, 0.6) is 0 Å². The van der Waals surface area contributed by atoms with Gasteiger partial charge in [0.25, 0.3) is 0 Å². The third-order valence-electron chi connectivity index (χ3n) is 2.24. The third-order valence-corrected chi connectivity index (χ3v) is 2.24. The molecule has 0 saturated heterocycles. The first kappa shape index (κ1) is 23.4. The zero-order valence-corrected chi connectivity index (χ0v) is 14.3. The summed E-state index contributed by atoms with van der Waals surface area (Å²) in [5, 5.41) is 0. The number of ketones is 1. The molecule has 0 aromatic heterocycles. The van der Waals surface area contributed by atoms with Crippen molar-refractivity contribution in [3.05, 3.63) is 47.1 Å². The summed E-state index contributed by atoms with van der Waals surface area (Å²) in [5.41, 5.74) is 2.32. The van der Waals surface area contributed by atoms with E-state index in [9.17, 15) is 9.59 Å². The molecule has 0 radical (unpaired) electrons. The molecule has 0 fully saturated rings. The molecule has 0 atom stereocenters. The highest BCUT2D eigenvalue weighted by Gasteiger charge is 2.13. The zero-order chi connectivity index (χ0) is 16.7. The fraction of sp³-hybridized carbons (Fsp3) is 0.444. The quantitative estimate of drug-likeness (QED) is 0.392. The normalized spacial score (nSPS) is 10.2. The van der Waals surface area contributed by atoms with Gasteiger partial charge in [-0.1, -0.05) is 58.1 Å². The number of aldehydes is 1. The largest absolute Gasteiger partial charge is 0.298 e. The van der Waals surface area contributed by atoms with Crippen molar-refractivity contribution in [3.63, 3.8) is 0 Å². The van der Waals surface area contributed by atoms with Crippen molar-refractivity contribution in [1.29, 1.82) is 0 Å². The summed E-state index contributed by atoms with van der Waals surface area (Å²) < 4.78 is 0. The second-order valence-corrected chi connectivity index (χ2v) is 3.65. The molecule has 0 amide bonds. The van der Waals surface area contributed by atoms with Gasteiger partial charge in [-0.25, -0.2) is 0 Å². The molecule has 2 heteroatoms. The molecule has 20 heavy (non-hydrogen) atoms. The molecule has 0 aromatic rings. The SMILES string of the molecule is C=C/C(C=O)=C(\C)C(=O)C(/C=C\C)=C(C)C.CC.CC.